The van der Waals surface area contributed by atoms with Gasteiger partial charge >= 0.3 is 0 Å². The van der Waals surface area contributed by atoms with E-state index >= 15 is 0 Å². The lowest BCUT2D eigenvalue weighted by molar-refractivity contribution is -0.140. The van der Waals surface area contributed by atoms with Gasteiger partial charge in [-0.25, -0.2) is 0 Å². The fourth-order valence-electron chi connectivity index (χ4n) is 2.41. The number of amides is 2. The van der Waals surface area contributed by atoms with E-state index in [0.29, 0.717) is 19.5 Å². The predicted molar refractivity (Wildman–Crippen MR) is 92.8 cm³/mol. The third kappa shape index (κ3) is 4.91. The van der Waals surface area contributed by atoms with Gasteiger partial charge in [0.15, 0.2) is 0 Å². The van der Waals surface area contributed by atoms with Crippen molar-refractivity contribution in [2.24, 2.45) is 0 Å². The first-order valence-electron chi connectivity index (χ1n) is 8.11. The van der Waals surface area contributed by atoms with Gasteiger partial charge in [0.2, 0.25) is 11.8 Å². The monoisotopic (exact) mass is 325 g/mol. The number of hydrogen-bond acceptors (Lipinski definition) is 3. The molecule has 0 fully saturated rings. The van der Waals surface area contributed by atoms with Crippen molar-refractivity contribution < 1.29 is 9.59 Å². The molecule has 2 amide bonds. The average Bonchev–Trinajstić information content (AvgIpc) is 2.64. The number of nitrogens with zero attached hydrogens (tertiary/aromatic N) is 2. The molecule has 0 aliphatic heterocycles. The summed E-state index contributed by atoms with van der Waals surface area (Å²) >= 11 is 0. The molecule has 0 aliphatic carbocycles. The molecule has 0 spiro atoms. The van der Waals surface area contributed by atoms with Crippen LogP contribution >= 0.6 is 0 Å². The lowest BCUT2D eigenvalue weighted by Crippen LogP contribution is -2.47. The van der Waals surface area contributed by atoms with E-state index in [1.807, 2.05) is 42.5 Å². The Morgan fingerprint density at radius 2 is 1.83 bits per heavy atom. The number of pyridine rings is 1. The van der Waals surface area contributed by atoms with Crippen LogP contribution in [-0.2, 0) is 22.7 Å². The molecule has 2 aromatic rings. The van der Waals surface area contributed by atoms with Gasteiger partial charge in [-0.3, -0.25) is 14.6 Å². The van der Waals surface area contributed by atoms with E-state index in [4.69, 9.17) is 0 Å². The third-order valence-corrected chi connectivity index (χ3v) is 3.86. The van der Waals surface area contributed by atoms with Crippen molar-refractivity contribution in [2.75, 3.05) is 0 Å². The van der Waals surface area contributed by atoms with E-state index in [0.717, 1.165) is 11.1 Å². The highest BCUT2D eigenvalue weighted by Gasteiger charge is 2.24. The Morgan fingerprint density at radius 1 is 1.12 bits per heavy atom. The molecular formula is C19H23N3O2. The zero-order valence-corrected chi connectivity index (χ0v) is 14.1. The second kappa shape index (κ2) is 8.82. The Morgan fingerprint density at radius 3 is 2.46 bits per heavy atom. The Bertz CT molecular complexity index is 659. The maximum absolute atomic E-state index is 12.4. The molecule has 0 saturated carbocycles. The average molecular weight is 325 g/mol. The van der Waals surface area contributed by atoms with Crippen LogP contribution in [0.4, 0.5) is 0 Å². The molecular weight excluding hydrogens is 302 g/mol. The van der Waals surface area contributed by atoms with E-state index in [-0.39, 0.29) is 11.8 Å². The standard InChI is InChI=1S/C19H23N3O2/c1-3-18(23)22(14-16-8-5-4-6-9-16)15(2)19(24)21-13-17-10-7-11-20-12-17/h4-12,15H,3,13-14H2,1-2H3,(H,21,24)/t15-/m0/s1. The highest BCUT2D eigenvalue weighted by Crippen LogP contribution is 2.11. The van der Waals surface area contributed by atoms with Gasteiger partial charge in [-0.05, 0) is 24.1 Å². The van der Waals surface area contributed by atoms with E-state index in [2.05, 4.69) is 10.3 Å². The molecule has 126 valence electrons. The first-order chi connectivity index (χ1) is 11.6. The topological polar surface area (TPSA) is 62.3 Å². The molecule has 5 heteroatoms. The summed E-state index contributed by atoms with van der Waals surface area (Å²) in [6, 6.07) is 12.9. The van der Waals surface area contributed by atoms with Gasteiger partial charge in [0.1, 0.15) is 6.04 Å². The van der Waals surface area contributed by atoms with Crippen molar-refractivity contribution in [2.45, 2.75) is 39.4 Å². The van der Waals surface area contributed by atoms with Gasteiger partial charge in [0, 0.05) is 31.9 Å². The smallest absolute Gasteiger partial charge is 0.242 e. The predicted octanol–water partition coefficient (Wildman–Crippen LogP) is 2.53. The molecule has 24 heavy (non-hydrogen) atoms. The van der Waals surface area contributed by atoms with E-state index in [1.54, 1.807) is 31.1 Å². The third-order valence-electron chi connectivity index (χ3n) is 3.86. The Balaban J connectivity index is 2.02. The Kier molecular flexibility index (Phi) is 6.49. The van der Waals surface area contributed by atoms with E-state index < -0.39 is 6.04 Å². The molecule has 0 unspecified atom stereocenters. The highest BCUT2D eigenvalue weighted by molar-refractivity contribution is 5.87. The van der Waals surface area contributed by atoms with Gasteiger partial charge in [-0.15, -0.1) is 0 Å². The minimum absolute atomic E-state index is 0.0390. The second-order valence-corrected chi connectivity index (χ2v) is 5.62. The lowest BCUT2D eigenvalue weighted by atomic mass is 10.1. The molecule has 1 aromatic heterocycles. The van der Waals surface area contributed by atoms with Crippen LogP contribution in [0.2, 0.25) is 0 Å². The SMILES string of the molecule is CCC(=O)N(Cc1ccccc1)[C@@H](C)C(=O)NCc1cccnc1. The quantitative estimate of drug-likeness (QED) is 0.851. The highest BCUT2D eigenvalue weighted by atomic mass is 16.2. The zero-order chi connectivity index (χ0) is 17.4. The molecule has 0 saturated heterocycles. The summed E-state index contributed by atoms with van der Waals surface area (Å²) in [5, 5.41) is 2.87. The number of nitrogens with one attached hydrogen (secondary N) is 1. The van der Waals surface area contributed by atoms with Gasteiger partial charge in [-0.1, -0.05) is 43.3 Å². The van der Waals surface area contributed by atoms with Crippen LogP contribution in [0, 0.1) is 0 Å². The summed E-state index contributed by atoms with van der Waals surface area (Å²) in [5.74, 6) is -0.209. The molecule has 5 nitrogen and oxygen atoms in total. The number of carbonyl (C=O) groups excluding carboxylic acids is 2. The molecule has 1 heterocycles. The fourth-order valence-corrected chi connectivity index (χ4v) is 2.41. The Labute approximate surface area is 142 Å². The molecule has 0 aliphatic rings. The zero-order valence-electron chi connectivity index (χ0n) is 14.1. The lowest BCUT2D eigenvalue weighted by Gasteiger charge is -2.28. The number of benzene rings is 1. The van der Waals surface area contributed by atoms with Crippen LogP contribution in [0.3, 0.4) is 0 Å². The molecule has 1 aromatic carbocycles. The van der Waals surface area contributed by atoms with E-state index in [1.165, 1.54) is 0 Å². The summed E-state index contributed by atoms with van der Waals surface area (Å²) in [4.78, 5) is 30.4. The summed E-state index contributed by atoms with van der Waals surface area (Å²) in [6.45, 7) is 4.39. The number of rotatable bonds is 7. The van der Waals surface area contributed by atoms with Crippen LogP contribution in [0.25, 0.3) is 0 Å². The van der Waals surface area contributed by atoms with Crippen molar-refractivity contribution in [1.29, 1.82) is 0 Å². The van der Waals surface area contributed by atoms with Crippen molar-refractivity contribution in [1.82, 2.24) is 15.2 Å². The molecule has 1 N–H and O–H groups in total. The minimum Gasteiger partial charge on any atom is -0.350 e. The van der Waals surface area contributed by atoms with Gasteiger partial charge in [0.05, 0.1) is 0 Å². The summed E-state index contributed by atoms with van der Waals surface area (Å²) < 4.78 is 0. The van der Waals surface area contributed by atoms with Crippen molar-refractivity contribution in [3.63, 3.8) is 0 Å². The van der Waals surface area contributed by atoms with E-state index in [9.17, 15) is 9.59 Å². The first-order valence-corrected chi connectivity index (χ1v) is 8.11. The minimum atomic E-state index is -0.533. The normalized spacial score (nSPS) is 11.6. The molecule has 1 atom stereocenters. The number of aromatic nitrogens is 1. The summed E-state index contributed by atoms with van der Waals surface area (Å²) in [7, 11) is 0. The largest absolute Gasteiger partial charge is 0.350 e. The number of carbonyl (C=O) groups is 2. The van der Waals surface area contributed by atoms with Gasteiger partial charge in [-0.2, -0.15) is 0 Å². The van der Waals surface area contributed by atoms with Crippen molar-refractivity contribution in [3.05, 3.63) is 66.0 Å². The van der Waals surface area contributed by atoms with Gasteiger partial charge in [0.25, 0.3) is 0 Å². The van der Waals surface area contributed by atoms with Crippen LogP contribution in [0.5, 0.6) is 0 Å². The summed E-state index contributed by atoms with van der Waals surface area (Å²) in [5.41, 5.74) is 1.93. The number of hydrogen-bond donors (Lipinski definition) is 1. The molecule has 0 bridgehead atoms. The maximum atomic E-state index is 12.4. The first kappa shape index (κ1) is 17.7. The van der Waals surface area contributed by atoms with Crippen LogP contribution in [0.1, 0.15) is 31.4 Å². The second-order valence-electron chi connectivity index (χ2n) is 5.62. The Hall–Kier alpha value is -2.69. The van der Waals surface area contributed by atoms with Crippen molar-refractivity contribution in [3.8, 4) is 0 Å². The fraction of sp³-hybridized carbons (Fsp3) is 0.316. The summed E-state index contributed by atoms with van der Waals surface area (Å²) in [6.07, 6.45) is 3.77. The molecule has 0 radical (unpaired) electrons. The maximum Gasteiger partial charge on any atom is 0.242 e. The van der Waals surface area contributed by atoms with Crippen LogP contribution in [-0.4, -0.2) is 27.7 Å². The van der Waals surface area contributed by atoms with Crippen LogP contribution < -0.4 is 5.32 Å². The van der Waals surface area contributed by atoms with Crippen LogP contribution in [0.15, 0.2) is 54.9 Å². The molecule has 2 rings (SSSR count). The van der Waals surface area contributed by atoms with Gasteiger partial charge < -0.3 is 10.2 Å². The van der Waals surface area contributed by atoms with Crippen molar-refractivity contribution >= 4 is 11.8 Å².